The smallest absolute Gasteiger partial charge is 0.203 e. The number of carbonyl (C=O) groups excluding carboxylic acids is 2. The molecule has 5 rings (SSSR count). The van der Waals surface area contributed by atoms with Crippen molar-refractivity contribution < 1.29 is 23.8 Å². The van der Waals surface area contributed by atoms with Crippen molar-refractivity contribution in [2.75, 3.05) is 21.3 Å². The van der Waals surface area contributed by atoms with Crippen molar-refractivity contribution in [2.45, 2.75) is 32.6 Å². The van der Waals surface area contributed by atoms with Crippen LogP contribution < -0.4 is 19.5 Å². The Morgan fingerprint density at radius 3 is 2.21 bits per heavy atom. The van der Waals surface area contributed by atoms with Crippen LogP contribution in [0.25, 0.3) is 5.70 Å². The number of ether oxygens (including phenoxy) is 3. The maximum Gasteiger partial charge on any atom is 0.203 e. The first-order chi connectivity index (χ1) is 15.8. The summed E-state index contributed by atoms with van der Waals surface area (Å²) in [7, 11) is 4.67. The lowest BCUT2D eigenvalue weighted by Gasteiger charge is -2.39. The summed E-state index contributed by atoms with van der Waals surface area (Å²) in [5.74, 6) is 0.836. The van der Waals surface area contributed by atoms with Crippen LogP contribution in [0.5, 0.6) is 17.2 Å². The molecular formula is C27H27NO5. The van der Waals surface area contributed by atoms with E-state index in [2.05, 4.69) is 19.2 Å². The van der Waals surface area contributed by atoms with Crippen LogP contribution in [0.4, 0.5) is 0 Å². The van der Waals surface area contributed by atoms with Gasteiger partial charge in [-0.15, -0.1) is 0 Å². The lowest BCUT2D eigenvalue weighted by molar-refractivity contribution is -0.118. The quantitative estimate of drug-likeness (QED) is 0.739. The second-order valence-electron chi connectivity index (χ2n) is 9.48. The van der Waals surface area contributed by atoms with Crippen LogP contribution in [-0.4, -0.2) is 32.9 Å². The van der Waals surface area contributed by atoms with Gasteiger partial charge >= 0.3 is 0 Å². The molecule has 0 aromatic heterocycles. The van der Waals surface area contributed by atoms with E-state index in [-0.39, 0.29) is 17.0 Å². The lowest BCUT2D eigenvalue weighted by Crippen LogP contribution is -2.37. The fraction of sp³-hybridized carbons (Fsp3) is 0.333. The van der Waals surface area contributed by atoms with Crippen LogP contribution in [0.2, 0.25) is 0 Å². The zero-order valence-corrected chi connectivity index (χ0v) is 19.5. The van der Waals surface area contributed by atoms with E-state index in [1.54, 1.807) is 27.4 Å². The maximum atomic E-state index is 13.7. The van der Waals surface area contributed by atoms with E-state index in [0.29, 0.717) is 52.4 Å². The van der Waals surface area contributed by atoms with Crippen LogP contribution in [0.15, 0.2) is 53.2 Å². The van der Waals surface area contributed by atoms with Gasteiger partial charge in [0.25, 0.3) is 0 Å². The van der Waals surface area contributed by atoms with Gasteiger partial charge in [-0.3, -0.25) is 9.59 Å². The van der Waals surface area contributed by atoms with Crippen LogP contribution >= 0.6 is 0 Å². The second kappa shape index (κ2) is 7.51. The van der Waals surface area contributed by atoms with Crippen molar-refractivity contribution in [2.24, 2.45) is 5.41 Å². The molecule has 33 heavy (non-hydrogen) atoms. The molecule has 0 amide bonds. The predicted molar refractivity (Wildman–Crippen MR) is 125 cm³/mol. The van der Waals surface area contributed by atoms with Gasteiger partial charge in [0.2, 0.25) is 5.75 Å². The van der Waals surface area contributed by atoms with Gasteiger partial charge in [0.05, 0.1) is 27.0 Å². The van der Waals surface area contributed by atoms with E-state index >= 15 is 0 Å². The van der Waals surface area contributed by atoms with Crippen LogP contribution in [0.3, 0.4) is 0 Å². The highest BCUT2D eigenvalue weighted by molar-refractivity contribution is 6.23. The molecule has 0 bridgehead atoms. The molecule has 6 heteroatoms. The zero-order valence-electron chi connectivity index (χ0n) is 19.5. The monoisotopic (exact) mass is 445 g/mol. The van der Waals surface area contributed by atoms with Crippen LogP contribution in [-0.2, 0) is 4.79 Å². The Morgan fingerprint density at radius 1 is 0.848 bits per heavy atom. The Kier molecular flexibility index (Phi) is 4.85. The SMILES string of the molecule is COc1ccc([C@H]2C3=C(CC(C)(C)CC3=O)NC3=C2C(=O)c2ccccc23)c(OC)c1OC. The van der Waals surface area contributed by atoms with E-state index in [0.717, 1.165) is 17.0 Å². The van der Waals surface area contributed by atoms with Crippen molar-refractivity contribution in [3.05, 3.63) is 69.9 Å². The van der Waals surface area contributed by atoms with Gasteiger partial charge in [0, 0.05) is 45.9 Å². The van der Waals surface area contributed by atoms with Gasteiger partial charge in [0.1, 0.15) is 0 Å². The Balaban J connectivity index is 1.80. The molecule has 1 N–H and O–H groups in total. The Labute approximate surface area is 193 Å². The van der Waals surface area contributed by atoms with Gasteiger partial charge in [-0.05, 0) is 17.9 Å². The van der Waals surface area contributed by atoms with E-state index < -0.39 is 5.92 Å². The number of ketones is 2. The number of Topliss-reactive ketones (excluding diaryl/α,β-unsaturated/α-hetero) is 2. The van der Waals surface area contributed by atoms with E-state index in [1.165, 1.54) is 0 Å². The van der Waals surface area contributed by atoms with Gasteiger partial charge in [0.15, 0.2) is 23.1 Å². The van der Waals surface area contributed by atoms with Crippen molar-refractivity contribution in [3.8, 4) is 17.2 Å². The third-order valence-electron chi connectivity index (χ3n) is 6.77. The number of hydrogen-bond donors (Lipinski definition) is 1. The summed E-state index contributed by atoms with van der Waals surface area (Å²) in [5.41, 5.74) is 4.92. The summed E-state index contributed by atoms with van der Waals surface area (Å²) in [5, 5.41) is 3.50. The number of nitrogens with one attached hydrogen (secondary N) is 1. The number of fused-ring (bicyclic) bond motifs is 2. The number of allylic oxidation sites excluding steroid dienone is 3. The fourth-order valence-electron chi connectivity index (χ4n) is 5.45. The highest BCUT2D eigenvalue weighted by Crippen LogP contribution is 2.54. The van der Waals surface area contributed by atoms with Crippen molar-refractivity contribution in [3.63, 3.8) is 0 Å². The normalized spacial score (nSPS) is 20.7. The number of hydrogen-bond acceptors (Lipinski definition) is 6. The topological polar surface area (TPSA) is 73.9 Å². The molecule has 2 aromatic rings. The minimum atomic E-state index is -0.561. The van der Waals surface area contributed by atoms with Crippen molar-refractivity contribution in [1.29, 1.82) is 0 Å². The molecule has 1 atom stereocenters. The minimum absolute atomic E-state index is 0.0471. The lowest BCUT2D eigenvalue weighted by atomic mass is 9.68. The first-order valence-electron chi connectivity index (χ1n) is 11.0. The molecule has 1 heterocycles. The summed E-state index contributed by atoms with van der Waals surface area (Å²) in [6.45, 7) is 4.19. The van der Waals surface area contributed by atoms with Gasteiger partial charge < -0.3 is 19.5 Å². The Hall–Kier alpha value is -3.54. The van der Waals surface area contributed by atoms with Gasteiger partial charge in [-0.2, -0.15) is 0 Å². The van der Waals surface area contributed by atoms with Gasteiger partial charge in [-0.1, -0.05) is 44.2 Å². The molecule has 6 nitrogen and oxygen atoms in total. The first-order valence-corrected chi connectivity index (χ1v) is 11.0. The Morgan fingerprint density at radius 2 is 1.55 bits per heavy atom. The average Bonchev–Trinajstić information content (AvgIpc) is 3.07. The largest absolute Gasteiger partial charge is 0.493 e. The number of rotatable bonds is 4. The number of benzene rings is 2. The summed E-state index contributed by atoms with van der Waals surface area (Å²) < 4.78 is 16.9. The molecule has 0 spiro atoms. The highest BCUT2D eigenvalue weighted by Gasteiger charge is 2.47. The number of dihydropyridines is 1. The molecule has 0 radical (unpaired) electrons. The zero-order chi connectivity index (χ0) is 23.5. The highest BCUT2D eigenvalue weighted by atomic mass is 16.5. The summed E-state index contributed by atoms with van der Waals surface area (Å²) in [6.07, 6.45) is 1.14. The van der Waals surface area contributed by atoms with E-state index in [4.69, 9.17) is 14.2 Å². The molecule has 0 unspecified atom stereocenters. The first kappa shape index (κ1) is 21.3. The maximum absolute atomic E-state index is 13.7. The standard InChI is InChI=1S/C27H27NO5/c1-27(2)12-17-21(18(29)13-27)20(16-10-11-19(31-3)26(33-5)25(16)32-4)22-23(28-17)14-8-6-7-9-15(14)24(22)30/h6-11,20,28H,12-13H2,1-5H3/t20-/m0/s1. The molecule has 3 aliphatic rings. The number of methoxy groups -OCH3 is 3. The van der Waals surface area contributed by atoms with Crippen molar-refractivity contribution >= 4 is 17.3 Å². The Bertz CT molecular complexity index is 1270. The molecule has 0 saturated heterocycles. The number of carbonyl (C=O) groups is 2. The molecular weight excluding hydrogens is 418 g/mol. The molecule has 0 fully saturated rings. The van der Waals surface area contributed by atoms with E-state index in [1.807, 2.05) is 30.3 Å². The molecule has 0 saturated carbocycles. The third-order valence-corrected chi connectivity index (χ3v) is 6.77. The van der Waals surface area contributed by atoms with E-state index in [9.17, 15) is 9.59 Å². The van der Waals surface area contributed by atoms with Crippen LogP contribution in [0, 0.1) is 5.41 Å². The predicted octanol–water partition coefficient (Wildman–Crippen LogP) is 4.65. The molecule has 2 aliphatic carbocycles. The summed E-state index contributed by atoms with van der Waals surface area (Å²) in [4.78, 5) is 27.2. The minimum Gasteiger partial charge on any atom is -0.493 e. The fourth-order valence-corrected chi connectivity index (χ4v) is 5.45. The van der Waals surface area contributed by atoms with Crippen LogP contribution in [0.1, 0.15) is 54.1 Å². The van der Waals surface area contributed by atoms with Crippen molar-refractivity contribution in [1.82, 2.24) is 5.32 Å². The molecule has 1 aliphatic heterocycles. The molecule has 2 aromatic carbocycles. The average molecular weight is 446 g/mol. The van der Waals surface area contributed by atoms with Gasteiger partial charge in [-0.25, -0.2) is 0 Å². The summed E-state index contributed by atoms with van der Waals surface area (Å²) in [6, 6.07) is 11.2. The summed E-state index contributed by atoms with van der Waals surface area (Å²) >= 11 is 0. The third kappa shape index (κ3) is 3.08. The molecule has 170 valence electrons. The second-order valence-corrected chi connectivity index (χ2v) is 9.48.